The highest BCUT2D eigenvalue weighted by Crippen LogP contribution is 2.27. The average Bonchev–Trinajstić information content (AvgIpc) is 2.59. The van der Waals surface area contributed by atoms with E-state index in [9.17, 15) is 9.59 Å². The van der Waals surface area contributed by atoms with Crippen LogP contribution in [0.3, 0.4) is 0 Å². The number of anilines is 1. The van der Waals surface area contributed by atoms with Crippen LogP contribution in [-0.2, 0) is 6.54 Å². The van der Waals surface area contributed by atoms with Crippen LogP contribution in [-0.4, -0.2) is 5.91 Å². The zero-order chi connectivity index (χ0) is 19.7. The molecule has 0 aliphatic carbocycles. The zero-order valence-electron chi connectivity index (χ0n) is 16.1. The van der Waals surface area contributed by atoms with Crippen LogP contribution in [0.15, 0.2) is 45.6 Å². The number of carbonyl (C=O) groups is 1. The molecule has 0 bridgehead atoms. The molecule has 0 radical (unpaired) electrons. The lowest BCUT2D eigenvalue weighted by atomic mass is 9.95. The minimum atomic E-state index is -0.471. The van der Waals surface area contributed by atoms with Crippen molar-refractivity contribution in [2.75, 3.05) is 5.32 Å². The monoisotopic (exact) mass is 364 g/mol. The first-order chi connectivity index (χ1) is 12.8. The second-order valence-corrected chi connectivity index (χ2v) is 7.20. The molecular weight excluding hydrogens is 340 g/mol. The summed E-state index contributed by atoms with van der Waals surface area (Å²) in [6.07, 6.45) is 0. The van der Waals surface area contributed by atoms with Crippen molar-refractivity contribution in [1.82, 2.24) is 0 Å². The van der Waals surface area contributed by atoms with Gasteiger partial charge in [0.2, 0.25) is 5.91 Å². The van der Waals surface area contributed by atoms with Crippen LogP contribution >= 0.6 is 0 Å². The summed E-state index contributed by atoms with van der Waals surface area (Å²) in [6.45, 7) is 8.70. The average molecular weight is 364 g/mol. The molecule has 140 valence electrons. The Balaban J connectivity index is 2.02. The molecule has 0 unspecified atom stereocenters. The summed E-state index contributed by atoms with van der Waals surface area (Å²) in [6, 6.07) is 10.8. The van der Waals surface area contributed by atoms with E-state index in [-0.39, 0.29) is 5.63 Å². The SMILES string of the molecule is Cc1ccc(C(N)=O)cc1NCc1cc(=O)oc2cc(C)c(C(C)C)cc12. The van der Waals surface area contributed by atoms with Gasteiger partial charge in [-0.3, -0.25) is 4.79 Å². The molecule has 27 heavy (non-hydrogen) atoms. The molecule has 0 aliphatic heterocycles. The standard InChI is InChI=1S/C22H24N2O3/c1-12(2)17-10-18-16(9-21(25)27-20(18)7-14(17)4)11-24-19-8-15(22(23)26)6-5-13(19)3/h5-10,12,24H,11H2,1-4H3,(H2,23,26). The second-order valence-electron chi connectivity index (χ2n) is 7.20. The highest BCUT2D eigenvalue weighted by atomic mass is 16.4. The topological polar surface area (TPSA) is 85.3 Å². The molecule has 0 saturated carbocycles. The fraction of sp³-hybridized carbons (Fsp3) is 0.273. The van der Waals surface area contributed by atoms with E-state index < -0.39 is 5.91 Å². The van der Waals surface area contributed by atoms with E-state index in [1.165, 1.54) is 11.6 Å². The van der Waals surface area contributed by atoms with Crippen molar-refractivity contribution in [3.63, 3.8) is 0 Å². The smallest absolute Gasteiger partial charge is 0.336 e. The fourth-order valence-corrected chi connectivity index (χ4v) is 3.32. The highest BCUT2D eigenvalue weighted by Gasteiger charge is 2.12. The number of nitrogens with one attached hydrogen (secondary N) is 1. The van der Waals surface area contributed by atoms with Gasteiger partial charge in [0.15, 0.2) is 0 Å². The number of primary amides is 1. The molecule has 5 heteroatoms. The summed E-state index contributed by atoms with van der Waals surface area (Å²) in [7, 11) is 0. The lowest BCUT2D eigenvalue weighted by Gasteiger charge is -2.15. The predicted octanol–water partition coefficient (Wildman–Crippen LogP) is 4.24. The Morgan fingerprint density at radius 1 is 1.11 bits per heavy atom. The molecule has 0 spiro atoms. The maximum Gasteiger partial charge on any atom is 0.336 e. The van der Waals surface area contributed by atoms with Crippen LogP contribution < -0.4 is 16.7 Å². The van der Waals surface area contributed by atoms with E-state index in [0.29, 0.717) is 23.6 Å². The Bertz CT molecular complexity index is 1080. The predicted molar refractivity (Wildman–Crippen MR) is 108 cm³/mol. The summed E-state index contributed by atoms with van der Waals surface area (Å²) < 4.78 is 5.40. The third-order valence-electron chi connectivity index (χ3n) is 4.83. The van der Waals surface area contributed by atoms with Gasteiger partial charge in [-0.1, -0.05) is 19.9 Å². The number of hydrogen-bond acceptors (Lipinski definition) is 4. The molecular formula is C22H24N2O3. The molecule has 1 heterocycles. The number of benzene rings is 2. The minimum absolute atomic E-state index is 0.372. The van der Waals surface area contributed by atoms with Gasteiger partial charge in [0.1, 0.15) is 5.58 Å². The van der Waals surface area contributed by atoms with Gasteiger partial charge in [-0.05, 0) is 66.3 Å². The summed E-state index contributed by atoms with van der Waals surface area (Å²) in [5, 5.41) is 4.24. The van der Waals surface area contributed by atoms with Gasteiger partial charge in [0.25, 0.3) is 0 Å². The summed E-state index contributed by atoms with van der Waals surface area (Å²) in [5.41, 5.74) is 11.0. The molecule has 0 aliphatic rings. The maximum absolute atomic E-state index is 12.0. The molecule has 2 aromatic carbocycles. The van der Waals surface area contributed by atoms with Gasteiger partial charge in [0.05, 0.1) is 0 Å². The Hall–Kier alpha value is -3.08. The number of amides is 1. The lowest BCUT2D eigenvalue weighted by Crippen LogP contribution is -2.12. The third kappa shape index (κ3) is 3.87. The lowest BCUT2D eigenvalue weighted by molar-refractivity contribution is 0.100. The van der Waals surface area contributed by atoms with Gasteiger partial charge in [0, 0.05) is 29.2 Å². The zero-order valence-corrected chi connectivity index (χ0v) is 16.1. The quantitative estimate of drug-likeness (QED) is 0.663. The summed E-state index contributed by atoms with van der Waals surface area (Å²) in [5.74, 6) is -0.0995. The van der Waals surface area contributed by atoms with Crippen molar-refractivity contribution < 1.29 is 9.21 Å². The molecule has 3 rings (SSSR count). The van der Waals surface area contributed by atoms with Crippen LogP contribution in [0.4, 0.5) is 5.69 Å². The first-order valence-electron chi connectivity index (χ1n) is 8.98. The Morgan fingerprint density at radius 2 is 1.85 bits per heavy atom. The molecule has 3 aromatic rings. The van der Waals surface area contributed by atoms with E-state index in [2.05, 4.69) is 25.2 Å². The molecule has 0 atom stereocenters. The van der Waals surface area contributed by atoms with E-state index >= 15 is 0 Å². The minimum Gasteiger partial charge on any atom is -0.423 e. The van der Waals surface area contributed by atoms with Crippen molar-refractivity contribution in [1.29, 1.82) is 0 Å². The molecule has 1 aromatic heterocycles. The Labute approximate surface area is 158 Å². The van der Waals surface area contributed by atoms with Gasteiger partial charge in [-0.25, -0.2) is 4.79 Å². The van der Waals surface area contributed by atoms with E-state index in [1.54, 1.807) is 12.1 Å². The molecule has 1 amide bonds. The van der Waals surface area contributed by atoms with E-state index in [4.69, 9.17) is 10.2 Å². The van der Waals surface area contributed by atoms with Gasteiger partial charge in [-0.15, -0.1) is 0 Å². The number of aryl methyl sites for hydroxylation is 2. The molecule has 0 fully saturated rings. The first-order valence-corrected chi connectivity index (χ1v) is 8.98. The summed E-state index contributed by atoms with van der Waals surface area (Å²) >= 11 is 0. The highest BCUT2D eigenvalue weighted by molar-refractivity contribution is 5.94. The van der Waals surface area contributed by atoms with Crippen LogP contribution in [0.25, 0.3) is 11.0 Å². The van der Waals surface area contributed by atoms with Crippen LogP contribution in [0.2, 0.25) is 0 Å². The third-order valence-corrected chi connectivity index (χ3v) is 4.83. The van der Waals surface area contributed by atoms with Crippen LogP contribution in [0, 0.1) is 13.8 Å². The summed E-state index contributed by atoms with van der Waals surface area (Å²) in [4.78, 5) is 23.4. The normalized spacial score (nSPS) is 11.1. The number of rotatable bonds is 5. The maximum atomic E-state index is 12.0. The van der Waals surface area contributed by atoms with Gasteiger partial charge >= 0.3 is 5.63 Å². The number of fused-ring (bicyclic) bond motifs is 1. The molecule has 0 saturated heterocycles. The fourth-order valence-electron chi connectivity index (χ4n) is 3.32. The number of nitrogens with two attached hydrogens (primary N) is 1. The van der Waals surface area contributed by atoms with Gasteiger partial charge < -0.3 is 15.5 Å². The van der Waals surface area contributed by atoms with E-state index in [0.717, 1.165) is 27.8 Å². The number of hydrogen-bond donors (Lipinski definition) is 2. The molecule has 3 N–H and O–H groups in total. The van der Waals surface area contributed by atoms with Crippen LogP contribution in [0.1, 0.15) is 52.4 Å². The number of carbonyl (C=O) groups excluding carboxylic acids is 1. The Kier molecular flexibility index (Phi) is 5.04. The van der Waals surface area contributed by atoms with Crippen molar-refractivity contribution in [3.8, 4) is 0 Å². The second kappa shape index (κ2) is 7.27. The van der Waals surface area contributed by atoms with Crippen molar-refractivity contribution in [3.05, 3.63) is 74.6 Å². The first kappa shape index (κ1) is 18.7. The van der Waals surface area contributed by atoms with E-state index in [1.807, 2.05) is 26.0 Å². The van der Waals surface area contributed by atoms with Crippen LogP contribution in [0.5, 0.6) is 0 Å². The van der Waals surface area contributed by atoms with Gasteiger partial charge in [-0.2, -0.15) is 0 Å². The van der Waals surface area contributed by atoms with Crippen molar-refractivity contribution in [2.45, 2.75) is 40.2 Å². The largest absolute Gasteiger partial charge is 0.423 e. The Morgan fingerprint density at radius 3 is 2.52 bits per heavy atom. The van der Waals surface area contributed by atoms with Crippen molar-refractivity contribution in [2.24, 2.45) is 5.73 Å². The molecule has 5 nitrogen and oxygen atoms in total. The van der Waals surface area contributed by atoms with Crippen molar-refractivity contribution >= 4 is 22.6 Å².